The van der Waals surface area contributed by atoms with Crippen LogP contribution in [0.2, 0.25) is 0 Å². The number of nitrogens with one attached hydrogen (secondary N) is 2. The molecule has 2 N–H and O–H groups in total. The number of carbonyl (C=O) groups is 2. The molecule has 0 spiro atoms. The Morgan fingerprint density at radius 2 is 1.96 bits per heavy atom. The lowest BCUT2D eigenvalue weighted by molar-refractivity contribution is -0.153. The molecular weight excluding hydrogens is 358 g/mol. The first-order valence-electron chi connectivity index (χ1n) is 10.1. The normalized spacial score (nSPS) is 35.3. The van der Waals surface area contributed by atoms with Gasteiger partial charge in [0.2, 0.25) is 11.8 Å². The highest BCUT2D eigenvalue weighted by atomic mass is 32.1. The molecule has 2 amide bonds. The molecule has 1 heterocycles. The van der Waals surface area contributed by atoms with Crippen molar-refractivity contribution >= 4 is 23.2 Å². The Balaban J connectivity index is 1.49. The second-order valence-electron chi connectivity index (χ2n) is 9.41. The Bertz CT molecular complexity index is 701. The summed E-state index contributed by atoms with van der Waals surface area (Å²) in [5, 5.41) is 8.63. The Hall–Kier alpha value is -1.40. The smallest absolute Gasteiger partial charge is 0.226 e. The predicted octanol–water partition coefficient (Wildman–Crippen LogP) is 2.94. The fourth-order valence-electron chi connectivity index (χ4n) is 6.44. The summed E-state index contributed by atoms with van der Waals surface area (Å²) in [5.41, 5.74) is -0.444. The molecule has 0 radical (unpaired) electrons. The van der Waals surface area contributed by atoms with E-state index in [1.165, 1.54) is 11.3 Å². The Labute approximate surface area is 165 Å². The molecular formula is C21H31N3O2S. The van der Waals surface area contributed by atoms with Gasteiger partial charge in [-0.1, -0.05) is 6.07 Å². The number of rotatable bonds is 6. The quantitative estimate of drug-likeness (QED) is 0.786. The van der Waals surface area contributed by atoms with Gasteiger partial charge in [0, 0.05) is 23.9 Å². The van der Waals surface area contributed by atoms with Gasteiger partial charge in [-0.25, -0.2) is 0 Å². The second-order valence-corrected chi connectivity index (χ2v) is 10.4. The summed E-state index contributed by atoms with van der Waals surface area (Å²) in [5.74, 6) is 1.39. The molecule has 1 aromatic heterocycles. The van der Waals surface area contributed by atoms with Crippen molar-refractivity contribution in [1.82, 2.24) is 15.5 Å². The molecule has 5 rings (SSSR count). The average molecular weight is 390 g/mol. The van der Waals surface area contributed by atoms with Crippen molar-refractivity contribution in [3.05, 3.63) is 22.4 Å². The van der Waals surface area contributed by atoms with Crippen LogP contribution in [0.1, 0.15) is 56.4 Å². The van der Waals surface area contributed by atoms with Gasteiger partial charge in [0.25, 0.3) is 0 Å². The predicted molar refractivity (Wildman–Crippen MR) is 107 cm³/mol. The number of hydrogen-bond donors (Lipinski definition) is 2. The summed E-state index contributed by atoms with van der Waals surface area (Å²) in [4.78, 5) is 28.6. The Morgan fingerprint density at radius 3 is 2.52 bits per heavy atom. The molecule has 4 bridgehead atoms. The number of likely N-dealkylation sites (N-methyl/N-ethyl adjacent to an activating group) is 1. The molecule has 3 atom stereocenters. The van der Waals surface area contributed by atoms with Crippen molar-refractivity contribution in [2.24, 2.45) is 17.3 Å². The van der Waals surface area contributed by atoms with Gasteiger partial charge in [-0.05, 0) is 75.9 Å². The first kappa shape index (κ1) is 18.9. The summed E-state index contributed by atoms with van der Waals surface area (Å²) in [6.07, 6.45) is 6.11. The monoisotopic (exact) mass is 389 g/mol. The van der Waals surface area contributed by atoms with Gasteiger partial charge in [0.05, 0.1) is 11.5 Å². The molecule has 4 aliphatic carbocycles. The van der Waals surface area contributed by atoms with E-state index in [0.717, 1.165) is 32.1 Å². The van der Waals surface area contributed by atoms with Crippen molar-refractivity contribution in [2.75, 3.05) is 20.6 Å². The molecule has 4 fully saturated rings. The molecule has 6 heteroatoms. The zero-order valence-corrected chi connectivity index (χ0v) is 17.4. The molecule has 5 nitrogen and oxygen atoms in total. The zero-order chi connectivity index (χ0) is 19.2. The highest BCUT2D eigenvalue weighted by Crippen LogP contribution is 2.61. The third kappa shape index (κ3) is 3.54. The largest absolute Gasteiger partial charge is 0.354 e. The maximum Gasteiger partial charge on any atom is 0.226 e. The number of amides is 2. The summed E-state index contributed by atoms with van der Waals surface area (Å²) in [6, 6.07) is 4.40. The number of hydrogen-bond acceptors (Lipinski definition) is 4. The summed E-state index contributed by atoms with van der Waals surface area (Å²) < 4.78 is 0. The van der Waals surface area contributed by atoms with Crippen LogP contribution in [0.5, 0.6) is 0 Å². The van der Waals surface area contributed by atoms with Crippen LogP contribution < -0.4 is 10.6 Å². The van der Waals surface area contributed by atoms with Gasteiger partial charge in [0.15, 0.2) is 0 Å². The van der Waals surface area contributed by atoms with E-state index < -0.39 is 0 Å². The van der Waals surface area contributed by atoms with Gasteiger partial charge < -0.3 is 15.5 Å². The molecule has 148 valence electrons. The van der Waals surface area contributed by atoms with Crippen LogP contribution >= 0.6 is 11.3 Å². The van der Waals surface area contributed by atoms with E-state index in [-0.39, 0.29) is 28.8 Å². The van der Waals surface area contributed by atoms with Crippen molar-refractivity contribution in [1.29, 1.82) is 0 Å². The van der Waals surface area contributed by atoms with E-state index in [2.05, 4.69) is 47.1 Å². The number of thiophene rings is 1. The Kier molecular flexibility index (Phi) is 4.83. The number of carbonyl (C=O) groups excluding carboxylic acids is 2. The minimum atomic E-state index is -0.293. The van der Waals surface area contributed by atoms with Crippen molar-refractivity contribution in [2.45, 2.75) is 57.0 Å². The van der Waals surface area contributed by atoms with E-state index in [1.54, 1.807) is 18.3 Å². The summed E-state index contributed by atoms with van der Waals surface area (Å²) >= 11 is 1.74. The van der Waals surface area contributed by atoms with Gasteiger partial charge >= 0.3 is 0 Å². The fraction of sp³-hybridized carbons (Fsp3) is 0.714. The van der Waals surface area contributed by atoms with Gasteiger partial charge in [0.1, 0.15) is 0 Å². The molecule has 3 unspecified atom stereocenters. The lowest BCUT2D eigenvalue weighted by atomic mass is 9.46. The standard InChI is InChI=1S/C21H31N3O2S/c1-14(25)23-21-10-15-7-16(11-21)9-20(8-15,13-21)19(26)22-12-17(24(2)3)18-5-4-6-27-18/h4-6,15-17H,7-13H2,1-3H3,(H,22,26)(H,23,25). The third-order valence-corrected chi connectivity index (χ3v) is 7.91. The van der Waals surface area contributed by atoms with E-state index in [0.29, 0.717) is 18.4 Å². The minimum absolute atomic E-state index is 0.0397. The molecule has 4 saturated carbocycles. The van der Waals surface area contributed by atoms with Crippen LogP contribution in [0.4, 0.5) is 0 Å². The maximum atomic E-state index is 13.4. The third-order valence-electron chi connectivity index (χ3n) is 6.93. The van der Waals surface area contributed by atoms with Crippen LogP contribution in [0.3, 0.4) is 0 Å². The lowest BCUT2D eigenvalue weighted by Crippen LogP contribution is -2.65. The minimum Gasteiger partial charge on any atom is -0.354 e. The van der Waals surface area contributed by atoms with Crippen molar-refractivity contribution < 1.29 is 9.59 Å². The fourth-order valence-corrected chi connectivity index (χ4v) is 7.37. The highest BCUT2D eigenvalue weighted by molar-refractivity contribution is 7.10. The summed E-state index contributed by atoms with van der Waals surface area (Å²) in [7, 11) is 4.13. The summed E-state index contributed by atoms with van der Waals surface area (Å²) in [6.45, 7) is 2.24. The molecule has 0 aromatic carbocycles. The van der Waals surface area contributed by atoms with E-state index in [9.17, 15) is 9.59 Å². The van der Waals surface area contributed by atoms with Gasteiger partial charge in [-0.15, -0.1) is 11.3 Å². The number of nitrogens with zero attached hydrogens (tertiary/aromatic N) is 1. The van der Waals surface area contributed by atoms with Crippen molar-refractivity contribution in [3.8, 4) is 0 Å². The SMILES string of the molecule is CC(=O)NC12CC3CC(C1)CC(C(=O)NCC(c1cccs1)N(C)C)(C3)C2. The van der Waals surface area contributed by atoms with E-state index in [4.69, 9.17) is 0 Å². The lowest BCUT2D eigenvalue weighted by Gasteiger charge is -2.61. The van der Waals surface area contributed by atoms with E-state index in [1.807, 2.05) is 0 Å². The average Bonchev–Trinajstić information content (AvgIpc) is 3.06. The maximum absolute atomic E-state index is 13.4. The van der Waals surface area contributed by atoms with Gasteiger partial charge in [-0.3, -0.25) is 9.59 Å². The van der Waals surface area contributed by atoms with E-state index >= 15 is 0 Å². The van der Waals surface area contributed by atoms with Crippen LogP contribution in [0, 0.1) is 17.3 Å². The molecule has 1 aromatic rings. The topological polar surface area (TPSA) is 61.4 Å². The molecule has 0 aliphatic heterocycles. The van der Waals surface area contributed by atoms with Gasteiger partial charge in [-0.2, -0.15) is 0 Å². The first-order chi connectivity index (χ1) is 12.8. The van der Waals surface area contributed by atoms with Crippen molar-refractivity contribution in [3.63, 3.8) is 0 Å². The Morgan fingerprint density at radius 1 is 1.26 bits per heavy atom. The highest BCUT2D eigenvalue weighted by Gasteiger charge is 2.60. The van der Waals surface area contributed by atoms with Crippen LogP contribution in [-0.4, -0.2) is 42.9 Å². The second kappa shape index (κ2) is 6.89. The zero-order valence-electron chi connectivity index (χ0n) is 16.6. The van der Waals surface area contributed by atoms with Crippen LogP contribution in [0.15, 0.2) is 17.5 Å². The molecule has 27 heavy (non-hydrogen) atoms. The van der Waals surface area contributed by atoms with Crippen LogP contribution in [-0.2, 0) is 9.59 Å². The molecule has 4 aliphatic rings. The molecule has 0 saturated heterocycles. The van der Waals surface area contributed by atoms with Crippen LogP contribution in [0.25, 0.3) is 0 Å². The first-order valence-corrected chi connectivity index (χ1v) is 11.0.